The van der Waals surface area contributed by atoms with Crippen LogP contribution in [0.4, 0.5) is 18.9 Å². The highest BCUT2D eigenvalue weighted by Crippen LogP contribution is 2.34. The number of alkyl halides is 3. The molecule has 1 unspecified atom stereocenters. The first-order chi connectivity index (χ1) is 24.3. The molecule has 0 spiro atoms. The zero-order chi connectivity index (χ0) is 36.7. The Bertz CT molecular complexity index is 1950. The fourth-order valence-corrected chi connectivity index (χ4v) is 5.09. The summed E-state index contributed by atoms with van der Waals surface area (Å²) in [5.41, 5.74) is 4.48. The Morgan fingerprint density at radius 1 is 0.941 bits per heavy atom. The van der Waals surface area contributed by atoms with Crippen molar-refractivity contribution >= 4 is 35.2 Å². The number of nitrogens with zero attached hydrogens (tertiary/aromatic N) is 2. The molecule has 1 heterocycles. The van der Waals surface area contributed by atoms with Crippen molar-refractivity contribution in [3.63, 3.8) is 0 Å². The first kappa shape index (κ1) is 36.1. The molecule has 4 aromatic carbocycles. The number of methoxy groups -OCH3 is 1. The topological polar surface area (TPSA) is 159 Å². The van der Waals surface area contributed by atoms with Gasteiger partial charge in [-0.2, -0.15) is 13.2 Å². The standard InChI is InChI=1S/C36H32F3N5O7/c1-21-3-7-24(8-4-21)33(48)42-35-41-32(43-51-35)23-9-5-22(6-10-23)19-44(20-31(46)47)34(49)25-11-14-27(15-12-25)40-30(45)17-26-13-16-28(50-2)18-29(26)36(37,38)39/h3-16,18,35H,17,19-20H2,1-2H3,(H,40,45)(H,41,43)(H,42,48)(H,46,47). The number of amidine groups is 1. The molecule has 51 heavy (non-hydrogen) atoms. The van der Waals surface area contributed by atoms with E-state index in [2.05, 4.69) is 21.1 Å². The Morgan fingerprint density at radius 3 is 2.24 bits per heavy atom. The zero-order valence-corrected chi connectivity index (χ0v) is 27.3. The number of halogens is 3. The van der Waals surface area contributed by atoms with Gasteiger partial charge in [-0.1, -0.05) is 48.0 Å². The van der Waals surface area contributed by atoms with Crippen molar-refractivity contribution in [3.8, 4) is 5.75 Å². The molecule has 0 aromatic heterocycles. The third-order valence-corrected chi connectivity index (χ3v) is 7.69. The summed E-state index contributed by atoms with van der Waals surface area (Å²) in [6.45, 7) is 1.25. The second kappa shape index (κ2) is 15.6. The minimum Gasteiger partial charge on any atom is -0.497 e. The van der Waals surface area contributed by atoms with Crippen molar-refractivity contribution in [2.75, 3.05) is 19.0 Å². The Hall–Kier alpha value is -6.22. The van der Waals surface area contributed by atoms with Gasteiger partial charge in [0.2, 0.25) is 5.91 Å². The van der Waals surface area contributed by atoms with Gasteiger partial charge in [0.15, 0.2) is 5.84 Å². The maximum atomic E-state index is 13.5. The summed E-state index contributed by atoms with van der Waals surface area (Å²) < 4.78 is 45.5. The van der Waals surface area contributed by atoms with Crippen molar-refractivity contribution in [1.82, 2.24) is 15.7 Å². The highest BCUT2D eigenvalue weighted by atomic mass is 19.4. The quantitative estimate of drug-likeness (QED) is 0.162. The van der Waals surface area contributed by atoms with Gasteiger partial charge in [-0.3, -0.25) is 19.2 Å². The number of nitrogens with one attached hydrogen (secondary N) is 3. The lowest BCUT2D eigenvalue weighted by Crippen LogP contribution is -2.35. The lowest BCUT2D eigenvalue weighted by atomic mass is 10.0. The number of carbonyl (C=O) groups is 4. The highest BCUT2D eigenvalue weighted by molar-refractivity contribution is 6.00. The van der Waals surface area contributed by atoms with Gasteiger partial charge in [0.25, 0.3) is 18.2 Å². The first-order valence-corrected chi connectivity index (χ1v) is 15.4. The lowest BCUT2D eigenvalue weighted by Gasteiger charge is -2.21. The number of carboxylic acid groups (broad SMARTS) is 1. The second-order valence-corrected chi connectivity index (χ2v) is 11.5. The Balaban J connectivity index is 1.20. The van der Waals surface area contributed by atoms with Crippen LogP contribution in [0.3, 0.4) is 0 Å². The zero-order valence-electron chi connectivity index (χ0n) is 27.3. The van der Waals surface area contributed by atoms with Crippen LogP contribution in [-0.4, -0.2) is 59.5 Å². The Kier molecular flexibility index (Phi) is 11.0. The van der Waals surface area contributed by atoms with Crippen LogP contribution >= 0.6 is 0 Å². The summed E-state index contributed by atoms with van der Waals surface area (Å²) in [6.07, 6.45) is -6.22. The molecule has 4 N–H and O–H groups in total. The van der Waals surface area contributed by atoms with Crippen LogP contribution in [0, 0.1) is 6.92 Å². The summed E-state index contributed by atoms with van der Waals surface area (Å²) in [6, 6.07) is 22.6. The van der Waals surface area contributed by atoms with Crippen LogP contribution in [0.5, 0.6) is 5.75 Å². The van der Waals surface area contributed by atoms with E-state index in [4.69, 9.17) is 9.57 Å². The number of hydrogen-bond donors (Lipinski definition) is 4. The van der Waals surface area contributed by atoms with Gasteiger partial charge in [0.1, 0.15) is 12.3 Å². The molecule has 12 nitrogen and oxygen atoms in total. The van der Waals surface area contributed by atoms with Crippen LogP contribution in [0.15, 0.2) is 96.0 Å². The van der Waals surface area contributed by atoms with Gasteiger partial charge in [0.05, 0.1) is 19.1 Å². The van der Waals surface area contributed by atoms with Crippen LogP contribution in [-0.2, 0) is 33.6 Å². The fourth-order valence-electron chi connectivity index (χ4n) is 5.09. The van der Waals surface area contributed by atoms with Crippen LogP contribution in [0.2, 0.25) is 0 Å². The number of hydrogen-bond acceptors (Lipinski definition) is 8. The number of anilines is 1. The number of amides is 3. The van der Waals surface area contributed by atoms with Gasteiger partial charge < -0.3 is 25.4 Å². The van der Waals surface area contributed by atoms with E-state index in [0.717, 1.165) is 16.5 Å². The van der Waals surface area contributed by atoms with Crippen molar-refractivity contribution in [1.29, 1.82) is 0 Å². The fraction of sp³-hybridized carbons (Fsp3) is 0.194. The number of ether oxygens (including phenoxy) is 1. The minimum atomic E-state index is -4.70. The molecule has 0 fully saturated rings. The van der Waals surface area contributed by atoms with Crippen LogP contribution in [0.1, 0.15) is 48.5 Å². The van der Waals surface area contributed by atoms with Gasteiger partial charge in [-0.05, 0) is 66.6 Å². The predicted molar refractivity (Wildman–Crippen MR) is 179 cm³/mol. The van der Waals surface area contributed by atoms with E-state index in [9.17, 15) is 37.5 Å². The molecule has 1 atom stereocenters. The molecule has 1 aliphatic rings. The number of benzene rings is 4. The third-order valence-electron chi connectivity index (χ3n) is 7.69. The molecule has 5 rings (SSSR count). The first-order valence-electron chi connectivity index (χ1n) is 15.4. The van der Waals surface area contributed by atoms with E-state index in [-0.39, 0.29) is 35.0 Å². The number of rotatable bonds is 12. The molecule has 0 saturated heterocycles. The van der Waals surface area contributed by atoms with Crippen LogP contribution < -0.4 is 20.9 Å². The highest BCUT2D eigenvalue weighted by Gasteiger charge is 2.34. The van der Waals surface area contributed by atoms with E-state index in [1.165, 1.54) is 43.5 Å². The SMILES string of the molecule is COc1ccc(CC(=O)Nc2ccc(C(=O)N(CC(=O)O)Cc3ccc(C4=NC(NC(=O)c5ccc(C)cc5)ON4)cc3)cc2)c(C(F)(F)F)c1. The summed E-state index contributed by atoms with van der Waals surface area (Å²) in [5.74, 6) is -2.56. The smallest absolute Gasteiger partial charge is 0.416 e. The van der Waals surface area contributed by atoms with Crippen LogP contribution in [0.25, 0.3) is 0 Å². The van der Waals surface area contributed by atoms with Gasteiger partial charge in [-0.15, -0.1) is 0 Å². The monoisotopic (exact) mass is 703 g/mol. The number of carbonyl (C=O) groups excluding carboxylic acids is 3. The molecule has 15 heteroatoms. The molecular formula is C36H32F3N5O7. The number of aryl methyl sites for hydroxylation is 1. The van der Waals surface area contributed by atoms with Crippen molar-refractivity contribution in [2.24, 2.45) is 4.99 Å². The number of hydroxylamine groups is 1. The second-order valence-electron chi connectivity index (χ2n) is 11.5. The van der Waals surface area contributed by atoms with Crippen molar-refractivity contribution < 1.29 is 47.0 Å². The Morgan fingerprint density at radius 2 is 1.61 bits per heavy atom. The molecule has 0 radical (unpaired) electrons. The molecular weight excluding hydrogens is 671 g/mol. The van der Waals surface area contributed by atoms with Crippen molar-refractivity contribution in [2.45, 2.75) is 32.4 Å². The minimum absolute atomic E-state index is 0.00278. The average Bonchev–Trinajstić information content (AvgIpc) is 3.56. The molecule has 3 amide bonds. The molecule has 4 aromatic rings. The summed E-state index contributed by atoms with van der Waals surface area (Å²) in [5, 5.41) is 14.7. The van der Waals surface area contributed by atoms with Gasteiger partial charge in [-0.25, -0.2) is 15.3 Å². The van der Waals surface area contributed by atoms with E-state index in [1.807, 2.05) is 19.1 Å². The largest absolute Gasteiger partial charge is 0.497 e. The molecule has 0 bridgehead atoms. The molecule has 0 saturated carbocycles. The molecule has 264 valence electrons. The van der Waals surface area contributed by atoms with Gasteiger partial charge in [0, 0.05) is 28.9 Å². The maximum Gasteiger partial charge on any atom is 0.416 e. The molecule has 1 aliphatic heterocycles. The molecule has 0 aliphatic carbocycles. The summed E-state index contributed by atoms with van der Waals surface area (Å²) >= 11 is 0. The average molecular weight is 704 g/mol. The third kappa shape index (κ3) is 9.48. The van der Waals surface area contributed by atoms with Crippen molar-refractivity contribution in [3.05, 3.63) is 130 Å². The van der Waals surface area contributed by atoms with E-state index in [0.29, 0.717) is 22.5 Å². The normalized spacial score (nSPS) is 13.8. The summed E-state index contributed by atoms with van der Waals surface area (Å²) in [7, 11) is 1.24. The Labute approximate surface area is 289 Å². The number of aliphatic carboxylic acids is 1. The van der Waals surface area contributed by atoms with E-state index >= 15 is 0 Å². The van der Waals surface area contributed by atoms with E-state index in [1.54, 1.807) is 36.4 Å². The number of aliphatic imine (C=N–C) groups is 1. The summed E-state index contributed by atoms with van der Waals surface area (Å²) in [4.78, 5) is 60.9. The maximum absolute atomic E-state index is 13.5. The van der Waals surface area contributed by atoms with E-state index < -0.39 is 48.8 Å². The number of carboxylic acids is 1. The lowest BCUT2D eigenvalue weighted by molar-refractivity contribution is -0.139. The predicted octanol–water partition coefficient (Wildman–Crippen LogP) is 4.93. The van der Waals surface area contributed by atoms with Gasteiger partial charge >= 0.3 is 12.1 Å².